The Morgan fingerprint density at radius 3 is 2.25 bits per heavy atom. The van der Waals surface area contributed by atoms with Crippen molar-refractivity contribution in [2.45, 2.75) is 31.4 Å². The summed E-state index contributed by atoms with van der Waals surface area (Å²) >= 11 is 0. The van der Waals surface area contributed by atoms with Gasteiger partial charge in [0.1, 0.15) is 6.04 Å². The highest BCUT2D eigenvalue weighted by atomic mass is 16.4. The zero-order chi connectivity index (χ0) is 14.9. The lowest BCUT2D eigenvalue weighted by atomic mass is 9.96. The van der Waals surface area contributed by atoms with Crippen LogP contribution in [-0.4, -0.2) is 69.7 Å². The second kappa shape index (κ2) is 5.66. The van der Waals surface area contributed by atoms with Crippen molar-refractivity contribution in [1.29, 1.82) is 0 Å². The minimum absolute atomic E-state index is 0.0333. The third kappa shape index (κ3) is 2.84. The molecular weight excluding hydrogens is 266 g/mol. The normalized spacial score (nSPS) is 27.6. The molecule has 20 heavy (non-hydrogen) atoms. The molecule has 0 aromatic rings. The molecule has 3 amide bonds. The van der Waals surface area contributed by atoms with Crippen LogP contribution in [0.4, 0.5) is 4.79 Å². The second-order valence-electron chi connectivity index (χ2n) is 5.34. The Balaban J connectivity index is 1.98. The molecule has 0 bridgehead atoms. The first-order chi connectivity index (χ1) is 9.40. The van der Waals surface area contributed by atoms with E-state index in [1.54, 1.807) is 0 Å². The number of nitrogens with two attached hydrogens (primary N) is 1. The van der Waals surface area contributed by atoms with Crippen molar-refractivity contribution in [1.82, 2.24) is 9.80 Å². The quantitative estimate of drug-likeness (QED) is 0.589. The van der Waals surface area contributed by atoms with Gasteiger partial charge in [0.05, 0.1) is 6.10 Å². The lowest BCUT2D eigenvalue weighted by Crippen LogP contribution is -2.51. The molecule has 4 N–H and O–H groups in total. The average molecular weight is 285 g/mol. The summed E-state index contributed by atoms with van der Waals surface area (Å²) in [5, 5.41) is 18.6. The molecule has 0 aromatic carbocycles. The number of aliphatic hydroxyl groups is 1. The van der Waals surface area contributed by atoms with E-state index >= 15 is 0 Å². The summed E-state index contributed by atoms with van der Waals surface area (Å²) in [7, 11) is 0. The topological polar surface area (TPSA) is 124 Å². The number of hydrogen-bond donors (Lipinski definition) is 3. The highest BCUT2D eigenvalue weighted by Gasteiger charge is 2.41. The van der Waals surface area contributed by atoms with Gasteiger partial charge in [0.15, 0.2) is 0 Å². The highest BCUT2D eigenvalue weighted by Crippen LogP contribution is 2.23. The van der Waals surface area contributed by atoms with Gasteiger partial charge in [-0.15, -0.1) is 0 Å². The molecule has 0 aromatic heterocycles. The van der Waals surface area contributed by atoms with E-state index in [4.69, 9.17) is 10.8 Å². The number of carbonyl (C=O) groups is 3. The third-order valence-electron chi connectivity index (χ3n) is 3.98. The molecule has 112 valence electrons. The number of carbonyl (C=O) groups excluding carboxylic acids is 2. The number of carboxylic acid groups (broad SMARTS) is 1. The number of primary amides is 1. The van der Waals surface area contributed by atoms with E-state index in [0.29, 0.717) is 25.9 Å². The molecule has 2 heterocycles. The standard InChI is InChI=1S/C12H19N3O5/c13-10(17)7-1-3-14(4-2-7)12(20)15-6-8(16)5-9(15)11(18)19/h7-9,16H,1-6H2,(H2,13,17)(H,18,19)/t8-,9+/m1/s1. The molecule has 0 spiro atoms. The molecular formula is C12H19N3O5. The van der Waals surface area contributed by atoms with Gasteiger partial charge in [0.25, 0.3) is 0 Å². The van der Waals surface area contributed by atoms with Gasteiger partial charge < -0.3 is 25.7 Å². The van der Waals surface area contributed by atoms with Gasteiger partial charge in [-0.3, -0.25) is 4.79 Å². The maximum absolute atomic E-state index is 12.3. The Bertz CT molecular complexity index is 419. The summed E-state index contributed by atoms with van der Waals surface area (Å²) in [4.78, 5) is 37.2. The van der Waals surface area contributed by atoms with Gasteiger partial charge in [-0.1, -0.05) is 0 Å². The van der Waals surface area contributed by atoms with Crippen LogP contribution in [0.5, 0.6) is 0 Å². The van der Waals surface area contributed by atoms with Crippen LogP contribution in [-0.2, 0) is 9.59 Å². The number of carboxylic acids is 1. The van der Waals surface area contributed by atoms with Crippen LogP contribution in [0.1, 0.15) is 19.3 Å². The molecule has 2 aliphatic rings. The van der Waals surface area contributed by atoms with Crippen molar-refractivity contribution < 1.29 is 24.6 Å². The first-order valence-electron chi connectivity index (χ1n) is 6.66. The minimum atomic E-state index is -1.11. The van der Waals surface area contributed by atoms with Crippen molar-refractivity contribution in [2.24, 2.45) is 11.7 Å². The summed E-state index contributed by atoms with van der Waals surface area (Å²) in [5.41, 5.74) is 5.23. The second-order valence-corrected chi connectivity index (χ2v) is 5.34. The molecule has 2 rings (SSSR count). The van der Waals surface area contributed by atoms with Crippen LogP contribution in [0.2, 0.25) is 0 Å². The van der Waals surface area contributed by atoms with Crippen molar-refractivity contribution in [2.75, 3.05) is 19.6 Å². The van der Waals surface area contributed by atoms with Crippen LogP contribution in [0.3, 0.4) is 0 Å². The van der Waals surface area contributed by atoms with Crippen molar-refractivity contribution in [3.63, 3.8) is 0 Å². The van der Waals surface area contributed by atoms with E-state index in [-0.39, 0.29) is 24.8 Å². The predicted octanol–water partition coefficient (Wildman–Crippen LogP) is -1.18. The van der Waals surface area contributed by atoms with Crippen LogP contribution < -0.4 is 5.73 Å². The van der Waals surface area contributed by atoms with Gasteiger partial charge in [-0.05, 0) is 12.8 Å². The van der Waals surface area contributed by atoms with Crippen LogP contribution in [0, 0.1) is 5.92 Å². The number of likely N-dealkylation sites (tertiary alicyclic amines) is 2. The smallest absolute Gasteiger partial charge is 0.326 e. The van der Waals surface area contributed by atoms with E-state index in [9.17, 15) is 19.5 Å². The SMILES string of the molecule is NC(=O)C1CCN(C(=O)N2C[C@H](O)C[C@H]2C(=O)O)CC1. The summed E-state index contributed by atoms with van der Waals surface area (Å²) in [6.07, 6.45) is 0.242. The summed E-state index contributed by atoms with van der Waals surface area (Å²) < 4.78 is 0. The lowest BCUT2D eigenvalue weighted by molar-refractivity contribution is -0.141. The van der Waals surface area contributed by atoms with Crippen LogP contribution in [0.15, 0.2) is 0 Å². The first kappa shape index (κ1) is 14.6. The van der Waals surface area contributed by atoms with E-state index in [1.807, 2.05) is 0 Å². The number of nitrogens with zero attached hydrogens (tertiary/aromatic N) is 2. The lowest BCUT2D eigenvalue weighted by Gasteiger charge is -2.34. The fourth-order valence-corrected chi connectivity index (χ4v) is 2.80. The Morgan fingerprint density at radius 2 is 1.75 bits per heavy atom. The monoisotopic (exact) mass is 285 g/mol. The number of rotatable bonds is 2. The van der Waals surface area contributed by atoms with Crippen LogP contribution >= 0.6 is 0 Å². The summed E-state index contributed by atoms with van der Waals surface area (Å²) in [5.74, 6) is -1.70. The first-order valence-corrected chi connectivity index (χ1v) is 6.66. The van der Waals surface area contributed by atoms with Crippen LogP contribution in [0.25, 0.3) is 0 Å². The average Bonchev–Trinajstić information content (AvgIpc) is 2.80. The van der Waals surface area contributed by atoms with Crippen molar-refractivity contribution in [3.05, 3.63) is 0 Å². The van der Waals surface area contributed by atoms with Gasteiger partial charge >= 0.3 is 12.0 Å². The Kier molecular flexibility index (Phi) is 4.12. The number of hydrogen-bond acceptors (Lipinski definition) is 4. The molecule has 2 saturated heterocycles. The molecule has 8 heteroatoms. The largest absolute Gasteiger partial charge is 0.480 e. The zero-order valence-electron chi connectivity index (χ0n) is 11.1. The molecule has 0 saturated carbocycles. The minimum Gasteiger partial charge on any atom is -0.480 e. The summed E-state index contributed by atoms with van der Waals surface area (Å²) in [6.45, 7) is 0.794. The molecule has 2 aliphatic heterocycles. The van der Waals surface area contributed by atoms with Gasteiger partial charge in [0.2, 0.25) is 5.91 Å². The fourth-order valence-electron chi connectivity index (χ4n) is 2.80. The Labute approximate surface area is 116 Å². The molecule has 0 radical (unpaired) electrons. The van der Waals surface area contributed by atoms with E-state index < -0.39 is 24.1 Å². The number of aliphatic hydroxyl groups excluding tert-OH is 1. The van der Waals surface area contributed by atoms with E-state index in [0.717, 1.165) is 0 Å². The highest BCUT2D eigenvalue weighted by molar-refractivity contribution is 5.84. The summed E-state index contributed by atoms with van der Waals surface area (Å²) in [6, 6.07) is -1.37. The Hall–Kier alpha value is -1.83. The molecule has 0 unspecified atom stereocenters. The fraction of sp³-hybridized carbons (Fsp3) is 0.750. The van der Waals surface area contributed by atoms with E-state index in [2.05, 4.69) is 0 Å². The number of piperidine rings is 1. The van der Waals surface area contributed by atoms with Gasteiger partial charge in [-0.2, -0.15) is 0 Å². The maximum Gasteiger partial charge on any atom is 0.326 e. The van der Waals surface area contributed by atoms with Crippen molar-refractivity contribution in [3.8, 4) is 0 Å². The maximum atomic E-state index is 12.3. The molecule has 2 fully saturated rings. The van der Waals surface area contributed by atoms with E-state index in [1.165, 1.54) is 9.80 Å². The molecule has 2 atom stereocenters. The predicted molar refractivity (Wildman–Crippen MR) is 67.6 cm³/mol. The Morgan fingerprint density at radius 1 is 1.15 bits per heavy atom. The van der Waals surface area contributed by atoms with Gasteiger partial charge in [0, 0.05) is 32.0 Å². The van der Waals surface area contributed by atoms with Crippen molar-refractivity contribution >= 4 is 17.9 Å². The zero-order valence-corrected chi connectivity index (χ0v) is 11.1. The molecule has 0 aliphatic carbocycles. The number of β-amino-alcohol motifs (C(OH)–C–C–N with tert-alkyl or cyclic N) is 1. The number of urea groups is 1. The third-order valence-corrected chi connectivity index (χ3v) is 3.98. The molecule has 8 nitrogen and oxygen atoms in total. The van der Waals surface area contributed by atoms with Gasteiger partial charge in [-0.25, -0.2) is 9.59 Å². The number of aliphatic carboxylic acids is 1. The number of amides is 3.